The molecule has 166 valence electrons. The van der Waals surface area contributed by atoms with E-state index < -0.39 is 0 Å². The van der Waals surface area contributed by atoms with E-state index in [0.717, 1.165) is 41.8 Å². The van der Waals surface area contributed by atoms with Crippen molar-refractivity contribution in [2.45, 2.75) is 49.8 Å². The van der Waals surface area contributed by atoms with Crippen LogP contribution in [0.25, 0.3) is 0 Å². The van der Waals surface area contributed by atoms with Crippen LogP contribution >= 0.6 is 11.8 Å². The molecule has 0 spiro atoms. The molecule has 0 aliphatic carbocycles. The van der Waals surface area contributed by atoms with Gasteiger partial charge in [-0.3, -0.25) is 9.59 Å². The highest BCUT2D eigenvalue weighted by molar-refractivity contribution is 7.99. The lowest BCUT2D eigenvalue weighted by Crippen LogP contribution is -2.35. The van der Waals surface area contributed by atoms with Crippen molar-refractivity contribution in [2.75, 3.05) is 31.5 Å². The van der Waals surface area contributed by atoms with Crippen LogP contribution in [0.15, 0.2) is 52.3 Å². The van der Waals surface area contributed by atoms with Gasteiger partial charge in [0, 0.05) is 28.8 Å². The number of likely N-dealkylation sites (tertiary alicyclic amines) is 1. The van der Waals surface area contributed by atoms with Gasteiger partial charge in [-0.1, -0.05) is 36.4 Å². The summed E-state index contributed by atoms with van der Waals surface area (Å²) in [4.78, 5) is 28.8. The predicted octanol–water partition coefficient (Wildman–Crippen LogP) is 4.96. The summed E-state index contributed by atoms with van der Waals surface area (Å²) in [6, 6.07) is 13.7. The second-order valence-electron chi connectivity index (χ2n) is 8.44. The van der Waals surface area contributed by atoms with E-state index in [4.69, 9.17) is 0 Å². The molecule has 0 bridgehead atoms. The molecule has 0 radical (unpaired) electrons. The molecule has 1 fully saturated rings. The van der Waals surface area contributed by atoms with Gasteiger partial charge in [-0.15, -0.1) is 0 Å². The Morgan fingerprint density at radius 2 is 1.81 bits per heavy atom. The summed E-state index contributed by atoms with van der Waals surface area (Å²) >= 11 is 1.57. The molecule has 0 atom stereocenters. The molecule has 5 nitrogen and oxygen atoms in total. The number of piperidine rings is 1. The first-order valence-electron chi connectivity index (χ1n) is 11.1. The fourth-order valence-electron chi connectivity index (χ4n) is 3.67. The summed E-state index contributed by atoms with van der Waals surface area (Å²) in [5, 5.41) is 5.89. The maximum atomic E-state index is 12.6. The van der Waals surface area contributed by atoms with Crippen molar-refractivity contribution in [2.24, 2.45) is 5.92 Å². The number of hydrogen-bond donors (Lipinski definition) is 2. The Morgan fingerprint density at radius 3 is 2.48 bits per heavy atom. The molecule has 1 aliphatic rings. The summed E-state index contributed by atoms with van der Waals surface area (Å²) in [6.07, 6.45) is 3.48. The van der Waals surface area contributed by atoms with Crippen molar-refractivity contribution in [1.82, 2.24) is 10.2 Å². The normalized spacial score (nSPS) is 14.9. The fraction of sp³-hybridized carbons (Fsp3) is 0.440. The standard InChI is InChI=1S/C25H33N3O2S/c1-18-5-8-22(9-6-18)31-24-10-7-21(17-23(24)27-20(3)29)25(30)26-13-4-14-28-15-11-19(2)12-16-28/h5-10,17,19H,4,11-16H2,1-3H3,(H,26,30)(H,27,29). The van der Waals surface area contributed by atoms with Crippen LogP contribution in [0.1, 0.15) is 49.0 Å². The van der Waals surface area contributed by atoms with Gasteiger partial charge in [0.2, 0.25) is 5.91 Å². The van der Waals surface area contributed by atoms with Crippen molar-refractivity contribution < 1.29 is 9.59 Å². The molecule has 2 aromatic carbocycles. The van der Waals surface area contributed by atoms with Gasteiger partial charge in [0.15, 0.2) is 0 Å². The molecule has 31 heavy (non-hydrogen) atoms. The molecule has 3 rings (SSSR count). The molecule has 1 saturated heterocycles. The van der Waals surface area contributed by atoms with Crippen LogP contribution in [0, 0.1) is 12.8 Å². The van der Waals surface area contributed by atoms with Crippen LogP contribution < -0.4 is 10.6 Å². The number of anilines is 1. The number of aryl methyl sites for hydroxylation is 1. The summed E-state index contributed by atoms with van der Waals surface area (Å²) in [7, 11) is 0. The minimum atomic E-state index is -0.154. The first-order valence-corrected chi connectivity index (χ1v) is 11.9. The summed E-state index contributed by atoms with van der Waals surface area (Å²) in [6.45, 7) is 9.85. The molecule has 1 aliphatic heterocycles. The van der Waals surface area contributed by atoms with E-state index in [9.17, 15) is 9.59 Å². The zero-order valence-electron chi connectivity index (χ0n) is 18.7. The average molecular weight is 440 g/mol. The van der Waals surface area contributed by atoms with Crippen LogP contribution in [0.3, 0.4) is 0 Å². The van der Waals surface area contributed by atoms with Crippen LogP contribution in [-0.2, 0) is 4.79 Å². The lowest BCUT2D eigenvalue weighted by molar-refractivity contribution is -0.114. The first kappa shape index (κ1) is 23.4. The molecule has 2 aromatic rings. The topological polar surface area (TPSA) is 61.4 Å². The van der Waals surface area contributed by atoms with E-state index in [0.29, 0.717) is 17.8 Å². The van der Waals surface area contributed by atoms with E-state index in [1.165, 1.54) is 25.3 Å². The number of amides is 2. The first-order chi connectivity index (χ1) is 14.9. The average Bonchev–Trinajstić information content (AvgIpc) is 2.74. The third kappa shape index (κ3) is 7.40. The number of carbonyl (C=O) groups excluding carboxylic acids is 2. The van der Waals surface area contributed by atoms with E-state index in [1.54, 1.807) is 17.8 Å². The Hall–Kier alpha value is -2.31. The van der Waals surface area contributed by atoms with Gasteiger partial charge in [-0.05, 0) is 82.1 Å². The van der Waals surface area contributed by atoms with Gasteiger partial charge in [-0.25, -0.2) is 0 Å². The Kier molecular flexibility index (Phi) is 8.55. The number of rotatable bonds is 8. The van der Waals surface area contributed by atoms with Gasteiger partial charge in [0.1, 0.15) is 0 Å². The van der Waals surface area contributed by atoms with Gasteiger partial charge in [0.25, 0.3) is 5.91 Å². The number of carbonyl (C=O) groups is 2. The highest BCUT2D eigenvalue weighted by atomic mass is 32.2. The molecule has 1 heterocycles. The lowest BCUT2D eigenvalue weighted by Gasteiger charge is -2.30. The number of nitrogens with zero attached hydrogens (tertiary/aromatic N) is 1. The lowest BCUT2D eigenvalue weighted by atomic mass is 9.99. The van der Waals surface area contributed by atoms with Crippen molar-refractivity contribution in [3.63, 3.8) is 0 Å². The zero-order chi connectivity index (χ0) is 22.2. The van der Waals surface area contributed by atoms with Crippen LogP contribution in [0.4, 0.5) is 5.69 Å². The van der Waals surface area contributed by atoms with Gasteiger partial charge in [-0.2, -0.15) is 0 Å². The number of hydrogen-bond acceptors (Lipinski definition) is 4. The van der Waals surface area contributed by atoms with Crippen LogP contribution in [0.5, 0.6) is 0 Å². The van der Waals surface area contributed by atoms with Crippen molar-refractivity contribution in [1.29, 1.82) is 0 Å². The maximum Gasteiger partial charge on any atom is 0.251 e. The highest BCUT2D eigenvalue weighted by Crippen LogP contribution is 2.34. The number of benzene rings is 2. The number of nitrogens with one attached hydrogen (secondary N) is 2. The third-order valence-corrected chi connectivity index (χ3v) is 6.70. The summed E-state index contributed by atoms with van der Waals surface area (Å²) < 4.78 is 0. The fourth-order valence-corrected chi connectivity index (χ4v) is 4.56. The van der Waals surface area contributed by atoms with Gasteiger partial charge in [0.05, 0.1) is 5.69 Å². The van der Waals surface area contributed by atoms with Crippen molar-refractivity contribution >= 4 is 29.3 Å². The quantitative estimate of drug-likeness (QED) is 0.571. The monoisotopic (exact) mass is 439 g/mol. The second kappa shape index (κ2) is 11.3. The van der Waals surface area contributed by atoms with Gasteiger partial charge < -0.3 is 15.5 Å². The molecule has 0 saturated carbocycles. The summed E-state index contributed by atoms with van der Waals surface area (Å²) in [5.41, 5.74) is 2.42. The molecular weight excluding hydrogens is 406 g/mol. The van der Waals surface area contributed by atoms with Crippen LogP contribution in [-0.4, -0.2) is 42.9 Å². The minimum Gasteiger partial charge on any atom is -0.352 e. The van der Waals surface area contributed by atoms with Crippen LogP contribution in [0.2, 0.25) is 0 Å². The molecule has 6 heteroatoms. The largest absolute Gasteiger partial charge is 0.352 e. The Balaban J connectivity index is 1.57. The minimum absolute atomic E-state index is 0.106. The van der Waals surface area contributed by atoms with E-state index in [-0.39, 0.29) is 11.8 Å². The zero-order valence-corrected chi connectivity index (χ0v) is 19.6. The van der Waals surface area contributed by atoms with Crippen molar-refractivity contribution in [3.8, 4) is 0 Å². The molecule has 2 amide bonds. The smallest absolute Gasteiger partial charge is 0.251 e. The Labute approximate surface area is 190 Å². The maximum absolute atomic E-state index is 12.6. The SMILES string of the molecule is CC(=O)Nc1cc(C(=O)NCCCN2CCC(C)CC2)ccc1Sc1ccc(C)cc1. The van der Waals surface area contributed by atoms with E-state index in [1.807, 2.05) is 12.1 Å². The molecule has 0 aromatic heterocycles. The van der Waals surface area contributed by atoms with E-state index >= 15 is 0 Å². The molecule has 0 unspecified atom stereocenters. The Morgan fingerprint density at radius 1 is 1.10 bits per heavy atom. The molecule has 2 N–H and O–H groups in total. The Bertz CT molecular complexity index is 890. The van der Waals surface area contributed by atoms with E-state index in [2.05, 4.69) is 53.6 Å². The second-order valence-corrected chi connectivity index (χ2v) is 9.56. The third-order valence-electron chi connectivity index (χ3n) is 5.61. The summed E-state index contributed by atoms with van der Waals surface area (Å²) in [5.74, 6) is 0.575. The van der Waals surface area contributed by atoms with Crippen molar-refractivity contribution in [3.05, 3.63) is 53.6 Å². The molecular formula is C25H33N3O2S. The highest BCUT2D eigenvalue weighted by Gasteiger charge is 2.15. The van der Waals surface area contributed by atoms with Gasteiger partial charge >= 0.3 is 0 Å². The predicted molar refractivity (Wildman–Crippen MR) is 128 cm³/mol.